The van der Waals surface area contributed by atoms with E-state index in [1.165, 1.54) is 11.8 Å². The number of hydrogen-bond donors (Lipinski definition) is 0. The lowest BCUT2D eigenvalue weighted by Gasteiger charge is -2.09. The number of thioether (sulfide) groups is 1. The van der Waals surface area contributed by atoms with Gasteiger partial charge in [-0.1, -0.05) is 24.0 Å². The number of hydrogen-bond acceptors (Lipinski definition) is 4. The van der Waals surface area contributed by atoms with Gasteiger partial charge in [-0.25, -0.2) is 0 Å². The molecule has 0 atom stereocenters. The van der Waals surface area contributed by atoms with E-state index >= 15 is 0 Å². The Morgan fingerprint density at radius 1 is 1.60 bits per heavy atom. The van der Waals surface area contributed by atoms with Crippen molar-refractivity contribution in [3.63, 3.8) is 0 Å². The van der Waals surface area contributed by atoms with Gasteiger partial charge in [0.2, 0.25) is 0 Å². The van der Waals surface area contributed by atoms with Gasteiger partial charge in [0, 0.05) is 6.54 Å². The highest BCUT2D eigenvalue weighted by atomic mass is 32.2. The van der Waals surface area contributed by atoms with E-state index in [-0.39, 0.29) is 5.91 Å². The molecule has 0 unspecified atom stereocenters. The molecule has 1 aliphatic rings. The Balaban J connectivity index is 2.26. The van der Waals surface area contributed by atoms with Crippen LogP contribution in [0.15, 0.2) is 21.7 Å². The number of rotatable bonds is 2. The van der Waals surface area contributed by atoms with Crippen molar-refractivity contribution in [3.05, 3.63) is 27.3 Å². The van der Waals surface area contributed by atoms with Crippen molar-refractivity contribution in [2.75, 3.05) is 6.54 Å². The molecule has 15 heavy (non-hydrogen) atoms. The lowest BCUT2D eigenvalue weighted by molar-refractivity contribution is -0.121. The van der Waals surface area contributed by atoms with Crippen LogP contribution in [0.5, 0.6) is 0 Å². The molecule has 0 bridgehead atoms. The zero-order chi connectivity index (χ0) is 10.8. The predicted molar refractivity (Wildman–Crippen MR) is 69.9 cm³/mol. The molecule has 0 aromatic carbocycles. The first-order valence-electron chi connectivity index (χ1n) is 4.50. The predicted octanol–water partition coefficient (Wildman–Crippen LogP) is 2.97. The second kappa shape index (κ2) is 4.47. The van der Waals surface area contributed by atoms with Crippen molar-refractivity contribution in [3.8, 4) is 0 Å². The Morgan fingerprint density at radius 2 is 2.40 bits per heavy atom. The Bertz CT molecular complexity index is 422. The first-order valence-corrected chi connectivity index (χ1v) is 6.66. The molecule has 0 N–H and O–H groups in total. The van der Waals surface area contributed by atoms with Crippen molar-refractivity contribution < 1.29 is 4.79 Å². The van der Waals surface area contributed by atoms with Gasteiger partial charge in [0.15, 0.2) is 0 Å². The number of carbonyl (C=O) groups excluding carboxylic acids is 1. The van der Waals surface area contributed by atoms with Crippen LogP contribution in [0.3, 0.4) is 0 Å². The number of likely N-dealkylation sites (N-methyl/N-ethyl adjacent to an activating group) is 1. The summed E-state index contributed by atoms with van der Waals surface area (Å²) >= 11 is 8.12. The maximum Gasteiger partial charge on any atom is 0.266 e. The fourth-order valence-corrected chi connectivity index (χ4v) is 3.28. The quantitative estimate of drug-likeness (QED) is 0.598. The molecule has 1 aliphatic heterocycles. The third-order valence-electron chi connectivity index (χ3n) is 2.03. The van der Waals surface area contributed by atoms with Crippen LogP contribution in [0.4, 0.5) is 0 Å². The summed E-state index contributed by atoms with van der Waals surface area (Å²) in [4.78, 5) is 14.2. The molecule has 1 saturated heterocycles. The van der Waals surface area contributed by atoms with Crippen LogP contribution in [0.2, 0.25) is 0 Å². The molecule has 1 aromatic heterocycles. The number of amides is 1. The first-order chi connectivity index (χ1) is 7.22. The summed E-state index contributed by atoms with van der Waals surface area (Å²) in [6.07, 6.45) is 1.89. The maximum atomic E-state index is 11.8. The fourth-order valence-electron chi connectivity index (χ4n) is 1.28. The molecule has 1 amide bonds. The molecule has 78 valence electrons. The SMILES string of the molecule is CCN1C(=O)/C(=C\c2ccsc2)SC1=S. The highest BCUT2D eigenvalue weighted by Crippen LogP contribution is 2.32. The second-order valence-corrected chi connectivity index (χ2v) is 5.44. The minimum Gasteiger partial charge on any atom is -0.293 e. The molecule has 1 aromatic rings. The van der Waals surface area contributed by atoms with E-state index in [2.05, 4.69) is 0 Å². The standard InChI is InChI=1S/C10H9NOS3/c1-2-11-9(12)8(15-10(11)13)5-7-3-4-14-6-7/h3-6H,2H2,1H3/b8-5+. The summed E-state index contributed by atoms with van der Waals surface area (Å²) in [6, 6.07) is 1.99. The van der Waals surface area contributed by atoms with Crippen molar-refractivity contribution >= 4 is 51.6 Å². The number of thiophene rings is 1. The van der Waals surface area contributed by atoms with Gasteiger partial charge in [-0.15, -0.1) is 0 Å². The van der Waals surface area contributed by atoms with Gasteiger partial charge >= 0.3 is 0 Å². The largest absolute Gasteiger partial charge is 0.293 e. The van der Waals surface area contributed by atoms with Crippen molar-refractivity contribution in [2.45, 2.75) is 6.92 Å². The van der Waals surface area contributed by atoms with Crippen LogP contribution in [-0.4, -0.2) is 21.7 Å². The number of nitrogens with zero attached hydrogens (tertiary/aromatic N) is 1. The molecule has 0 aliphatic carbocycles. The van der Waals surface area contributed by atoms with Crippen LogP contribution in [0, 0.1) is 0 Å². The lowest BCUT2D eigenvalue weighted by atomic mass is 10.3. The third-order valence-corrected chi connectivity index (χ3v) is 4.11. The topological polar surface area (TPSA) is 20.3 Å². The van der Waals surface area contributed by atoms with Crippen LogP contribution in [0.25, 0.3) is 6.08 Å². The minimum absolute atomic E-state index is 0.0266. The summed E-state index contributed by atoms with van der Waals surface area (Å²) in [5.41, 5.74) is 1.07. The van der Waals surface area contributed by atoms with Crippen LogP contribution >= 0.6 is 35.3 Å². The molecule has 2 nitrogen and oxygen atoms in total. The maximum absolute atomic E-state index is 11.8. The third kappa shape index (κ3) is 2.14. The summed E-state index contributed by atoms with van der Waals surface area (Å²) in [5.74, 6) is 0.0266. The van der Waals surface area contributed by atoms with Crippen molar-refractivity contribution in [1.82, 2.24) is 4.90 Å². The highest BCUT2D eigenvalue weighted by Gasteiger charge is 2.30. The summed E-state index contributed by atoms with van der Waals surface area (Å²) < 4.78 is 0.656. The molecule has 0 spiro atoms. The van der Waals surface area contributed by atoms with E-state index in [1.807, 2.05) is 29.8 Å². The molecule has 0 saturated carbocycles. The zero-order valence-electron chi connectivity index (χ0n) is 8.10. The van der Waals surface area contributed by atoms with Crippen molar-refractivity contribution in [1.29, 1.82) is 0 Å². The van der Waals surface area contributed by atoms with Gasteiger partial charge in [-0.3, -0.25) is 9.69 Å². The average molecular weight is 255 g/mol. The smallest absolute Gasteiger partial charge is 0.266 e. The van der Waals surface area contributed by atoms with E-state index in [4.69, 9.17) is 12.2 Å². The number of thiocarbonyl (C=S) groups is 1. The van der Waals surface area contributed by atoms with E-state index in [0.717, 1.165) is 10.5 Å². The van der Waals surface area contributed by atoms with Gasteiger partial charge in [0.25, 0.3) is 5.91 Å². The first kappa shape index (κ1) is 10.9. The van der Waals surface area contributed by atoms with E-state index in [0.29, 0.717) is 10.9 Å². The van der Waals surface area contributed by atoms with Crippen molar-refractivity contribution in [2.24, 2.45) is 0 Å². The Morgan fingerprint density at radius 3 is 2.93 bits per heavy atom. The van der Waals surface area contributed by atoms with E-state index < -0.39 is 0 Å². The monoisotopic (exact) mass is 255 g/mol. The molecule has 2 heterocycles. The molecular formula is C10H9NOS3. The molecule has 0 radical (unpaired) electrons. The minimum atomic E-state index is 0.0266. The van der Waals surface area contributed by atoms with Gasteiger partial charge in [-0.05, 0) is 35.4 Å². The molecule has 5 heteroatoms. The second-order valence-electron chi connectivity index (χ2n) is 2.98. The van der Waals surface area contributed by atoms with Crippen LogP contribution < -0.4 is 0 Å². The molecule has 2 rings (SSSR count). The highest BCUT2D eigenvalue weighted by molar-refractivity contribution is 8.26. The van der Waals surface area contributed by atoms with E-state index in [1.54, 1.807) is 16.2 Å². The summed E-state index contributed by atoms with van der Waals surface area (Å²) in [7, 11) is 0. The average Bonchev–Trinajstić information content (AvgIpc) is 2.78. The van der Waals surface area contributed by atoms with Gasteiger partial charge < -0.3 is 0 Å². The van der Waals surface area contributed by atoms with Crippen LogP contribution in [0.1, 0.15) is 12.5 Å². The van der Waals surface area contributed by atoms with E-state index in [9.17, 15) is 4.79 Å². The Labute approximate surface area is 102 Å². The Hall–Kier alpha value is -0.650. The molecule has 1 fully saturated rings. The van der Waals surface area contributed by atoms with Crippen LogP contribution in [-0.2, 0) is 4.79 Å². The van der Waals surface area contributed by atoms with Gasteiger partial charge in [0.05, 0.1) is 4.91 Å². The summed E-state index contributed by atoms with van der Waals surface area (Å²) in [6.45, 7) is 2.57. The normalized spacial score (nSPS) is 19.3. The van der Waals surface area contributed by atoms with Gasteiger partial charge in [-0.2, -0.15) is 11.3 Å². The number of carbonyl (C=O) groups is 1. The lowest BCUT2D eigenvalue weighted by Crippen LogP contribution is -2.27. The zero-order valence-corrected chi connectivity index (χ0v) is 10.5. The Kier molecular flexibility index (Phi) is 3.23. The fraction of sp³-hybridized carbons (Fsp3) is 0.200. The van der Waals surface area contributed by atoms with Gasteiger partial charge in [0.1, 0.15) is 4.32 Å². The summed E-state index contributed by atoms with van der Waals surface area (Å²) in [5, 5.41) is 4.00. The molecular weight excluding hydrogens is 246 g/mol.